The zero-order valence-electron chi connectivity index (χ0n) is 22.5. The summed E-state index contributed by atoms with van der Waals surface area (Å²) in [6, 6.07) is 4.01. The summed E-state index contributed by atoms with van der Waals surface area (Å²) in [5.41, 5.74) is 0.963. The summed E-state index contributed by atoms with van der Waals surface area (Å²) >= 11 is 0. The number of rotatable bonds is 5. The Morgan fingerprint density at radius 2 is 1.45 bits per heavy atom. The van der Waals surface area contributed by atoms with E-state index in [4.69, 9.17) is 4.74 Å². The largest absolute Gasteiger partial charge is 0.444 e. The van der Waals surface area contributed by atoms with E-state index in [0.717, 1.165) is 11.1 Å². The molecule has 0 aliphatic heterocycles. The number of carbonyl (C=O) groups is 3. The van der Waals surface area contributed by atoms with Crippen LogP contribution in [-0.2, 0) is 14.3 Å². The average Bonchev–Trinajstić information content (AvgIpc) is 2.57. The molecule has 33 heavy (non-hydrogen) atoms. The van der Waals surface area contributed by atoms with E-state index in [0.29, 0.717) is 5.56 Å². The highest BCUT2D eigenvalue weighted by atomic mass is 16.6. The number of nitrogens with zero attached hydrogens (tertiary/aromatic N) is 1. The van der Waals surface area contributed by atoms with Gasteiger partial charge in [-0.3, -0.25) is 9.59 Å². The molecular weight excluding hydrogens is 418 g/mol. The second-order valence-corrected chi connectivity index (χ2v) is 11.7. The summed E-state index contributed by atoms with van der Waals surface area (Å²) in [7, 11) is 0. The molecule has 0 bridgehead atoms. The topological polar surface area (TPSA) is 87.7 Å². The van der Waals surface area contributed by atoms with Crippen molar-refractivity contribution >= 4 is 17.9 Å². The van der Waals surface area contributed by atoms with Crippen molar-refractivity contribution < 1.29 is 19.1 Å². The van der Waals surface area contributed by atoms with Gasteiger partial charge < -0.3 is 20.3 Å². The first-order valence-corrected chi connectivity index (χ1v) is 11.4. The molecule has 2 unspecified atom stereocenters. The van der Waals surface area contributed by atoms with E-state index < -0.39 is 34.9 Å². The maximum absolute atomic E-state index is 13.7. The summed E-state index contributed by atoms with van der Waals surface area (Å²) in [5, 5.41) is 5.64. The number of aryl methyl sites for hydroxylation is 2. The highest BCUT2D eigenvalue weighted by molar-refractivity contribution is 5.92. The number of ether oxygens (including phenoxy) is 1. The van der Waals surface area contributed by atoms with Crippen molar-refractivity contribution in [2.75, 3.05) is 0 Å². The molecule has 0 fully saturated rings. The summed E-state index contributed by atoms with van der Waals surface area (Å²) in [4.78, 5) is 41.1. The van der Waals surface area contributed by atoms with Gasteiger partial charge in [-0.15, -0.1) is 0 Å². The normalized spacial score (nSPS) is 14.2. The molecule has 0 aliphatic carbocycles. The molecular formula is C26H43N3O4. The summed E-state index contributed by atoms with van der Waals surface area (Å²) < 4.78 is 5.31. The average molecular weight is 462 g/mol. The number of carbonyl (C=O) groups excluding carboxylic acids is 3. The molecule has 0 aromatic heterocycles. The minimum atomic E-state index is -0.893. The van der Waals surface area contributed by atoms with E-state index in [1.54, 1.807) is 32.6 Å². The van der Waals surface area contributed by atoms with Crippen LogP contribution in [0.2, 0.25) is 0 Å². The molecule has 0 saturated carbocycles. The Balaban J connectivity index is 3.48. The molecule has 2 atom stereocenters. The van der Waals surface area contributed by atoms with Crippen molar-refractivity contribution in [1.29, 1.82) is 0 Å². The SMILES string of the molecule is Cc1ccc(C(C(=O)NC(C)(C)C)N(C(=O)C(C)NC(=O)OC(C)(C)C)C(C)(C)C)cc1C. The molecule has 0 aliphatic rings. The highest BCUT2D eigenvalue weighted by Crippen LogP contribution is 2.31. The van der Waals surface area contributed by atoms with Crippen molar-refractivity contribution in [1.82, 2.24) is 15.5 Å². The first-order chi connectivity index (χ1) is 14.7. The van der Waals surface area contributed by atoms with E-state index >= 15 is 0 Å². The van der Waals surface area contributed by atoms with Crippen LogP contribution in [0.1, 0.15) is 92.0 Å². The van der Waals surface area contributed by atoms with Crippen molar-refractivity contribution in [3.05, 3.63) is 34.9 Å². The number of nitrogens with one attached hydrogen (secondary N) is 2. The molecule has 7 heteroatoms. The van der Waals surface area contributed by atoms with Crippen LogP contribution >= 0.6 is 0 Å². The van der Waals surface area contributed by atoms with Gasteiger partial charge in [0.1, 0.15) is 17.7 Å². The summed E-state index contributed by atoms with van der Waals surface area (Å²) in [6.07, 6.45) is -0.681. The number of alkyl carbamates (subject to hydrolysis) is 1. The summed E-state index contributed by atoms with van der Waals surface area (Å²) in [6.45, 7) is 22.2. The molecule has 7 nitrogen and oxygen atoms in total. The molecule has 1 rings (SSSR count). The Kier molecular flexibility index (Phi) is 8.75. The van der Waals surface area contributed by atoms with Crippen molar-refractivity contribution in [3.8, 4) is 0 Å². The lowest BCUT2D eigenvalue weighted by molar-refractivity contribution is -0.148. The molecule has 2 N–H and O–H groups in total. The third-order valence-electron chi connectivity index (χ3n) is 4.92. The van der Waals surface area contributed by atoms with Gasteiger partial charge in [0.2, 0.25) is 11.8 Å². The zero-order valence-corrected chi connectivity index (χ0v) is 22.5. The van der Waals surface area contributed by atoms with Gasteiger partial charge in [-0.25, -0.2) is 4.79 Å². The van der Waals surface area contributed by atoms with Crippen molar-refractivity contribution in [3.63, 3.8) is 0 Å². The number of benzene rings is 1. The number of amides is 3. The van der Waals surface area contributed by atoms with E-state index in [-0.39, 0.29) is 11.8 Å². The molecule has 0 saturated heterocycles. The Morgan fingerprint density at radius 3 is 1.88 bits per heavy atom. The lowest BCUT2D eigenvalue weighted by atomic mass is 9.93. The Labute approximate surface area is 199 Å². The monoisotopic (exact) mass is 461 g/mol. The summed E-state index contributed by atoms with van der Waals surface area (Å²) in [5.74, 6) is -0.654. The lowest BCUT2D eigenvalue weighted by Crippen LogP contribution is -2.59. The molecule has 0 radical (unpaired) electrons. The predicted octanol–water partition coefficient (Wildman–Crippen LogP) is 4.80. The lowest BCUT2D eigenvalue weighted by Gasteiger charge is -2.43. The van der Waals surface area contributed by atoms with Crippen LogP contribution in [0.5, 0.6) is 0 Å². The minimum Gasteiger partial charge on any atom is -0.444 e. The predicted molar refractivity (Wildman–Crippen MR) is 132 cm³/mol. The van der Waals surface area contributed by atoms with Gasteiger partial charge in [0.15, 0.2) is 0 Å². The Hall–Kier alpha value is -2.57. The van der Waals surface area contributed by atoms with Crippen LogP contribution in [-0.4, -0.2) is 45.5 Å². The van der Waals surface area contributed by atoms with Crippen LogP contribution in [0.4, 0.5) is 4.79 Å². The molecule has 3 amide bonds. The van der Waals surface area contributed by atoms with Crippen LogP contribution in [0, 0.1) is 13.8 Å². The van der Waals surface area contributed by atoms with Crippen molar-refractivity contribution in [2.24, 2.45) is 0 Å². The quantitative estimate of drug-likeness (QED) is 0.659. The van der Waals surface area contributed by atoms with E-state index in [2.05, 4.69) is 10.6 Å². The Morgan fingerprint density at radius 1 is 0.909 bits per heavy atom. The highest BCUT2D eigenvalue weighted by Gasteiger charge is 2.41. The van der Waals surface area contributed by atoms with Gasteiger partial charge in [0.25, 0.3) is 0 Å². The van der Waals surface area contributed by atoms with Gasteiger partial charge >= 0.3 is 6.09 Å². The molecule has 1 aromatic rings. The number of hydrogen-bond donors (Lipinski definition) is 2. The third-order valence-corrected chi connectivity index (χ3v) is 4.92. The first kappa shape index (κ1) is 28.5. The van der Waals surface area contributed by atoms with Crippen LogP contribution in [0.3, 0.4) is 0 Å². The van der Waals surface area contributed by atoms with Gasteiger partial charge in [-0.05, 0) is 99.8 Å². The maximum atomic E-state index is 13.7. The van der Waals surface area contributed by atoms with Gasteiger partial charge in [-0.2, -0.15) is 0 Å². The van der Waals surface area contributed by atoms with E-state index in [1.807, 2.05) is 73.6 Å². The molecule has 0 heterocycles. The molecule has 186 valence electrons. The van der Waals surface area contributed by atoms with Crippen LogP contribution in [0.15, 0.2) is 18.2 Å². The Bertz CT molecular complexity index is 873. The second kappa shape index (κ2) is 10.1. The van der Waals surface area contributed by atoms with Gasteiger partial charge in [0.05, 0.1) is 0 Å². The molecule has 0 spiro atoms. The fourth-order valence-corrected chi connectivity index (χ4v) is 3.39. The smallest absolute Gasteiger partial charge is 0.408 e. The second-order valence-electron chi connectivity index (χ2n) is 11.7. The maximum Gasteiger partial charge on any atom is 0.408 e. The fourth-order valence-electron chi connectivity index (χ4n) is 3.39. The standard InChI is InChI=1S/C26H43N3O4/c1-16-13-14-19(15-17(16)2)20(21(30)28-24(4,5)6)29(25(7,8)9)22(31)18(3)27-23(32)33-26(10,11)12/h13-15,18,20H,1-12H3,(H,27,32)(H,28,30). The minimum absolute atomic E-state index is 0.279. The third kappa shape index (κ3) is 8.71. The van der Waals surface area contributed by atoms with Crippen LogP contribution in [0.25, 0.3) is 0 Å². The van der Waals surface area contributed by atoms with Crippen LogP contribution < -0.4 is 10.6 Å². The zero-order chi connectivity index (χ0) is 25.9. The van der Waals surface area contributed by atoms with Gasteiger partial charge in [0, 0.05) is 11.1 Å². The molecule has 1 aromatic carbocycles. The first-order valence-electron chi connectivity index (χ1n) is 11.4. The number of hydrogen-bond acceptors (Lipinski definition) is 4. The fraction of sp³-hybridized carbons (Fsp3) is 0.654. The van der Waals surface area contributed by atoms with Crippen molar-refractivity contribution in [2.45, 2.75) is 112 Å². The van der Waals surface area contributed by atoms with E-state index in [1.165, 1.54) is 0 Å². The van der Waals surface area contributed by atoms with Gasteiger partial charge in [-0.1, -0.05) is 18.2 Å². The van der Waals surface area contributed by atoms with E-state index in [9.17, 15) is 14.4 Å².